The minimum absolute atomic E-state index is 0.0359. The van der Waals surface area contributed by atoms with E-state index >= 15 is 0 Å². The number of fused-ring (bicyclic) bond motifs is 1. The zero-order valence-electron chi connectivity index (χ0n) is 16.8. The zero-order valence-corrected chi connectivity index (χ0v) is 16.8. The van der Waals surface area contributed by atoms with E-state index in [1.165, 1.54) is 0 Å². The summed E-state index contributed by atoms with van der Waals surface area (Å²) >= 11 is 0. The maximum Gasteiger partial charge on any atom is 0.276 e. The van der Waals surface area contributed by atoms with Gasteiger partial charge >= 0.3 is 0 Å². The fraction of sp³-hybridized carbons (Fsp3) is 0.174. The standard InChI is InChI=1S/C23H20N6O2/c1-13-2-6-17(12-25-13)26-23(31)21-19-9-15(5-7-20(19)28-29-21)16-8-18(11-24-10-16)27-22(30)14-3-4-14/h2,5-12,14H,3-4H2,1H3,(H,26,31)(H,27,30)(H,28,29). The van der Waals surface area contributed by atoms with Crippen molar-refractivity contribution in [3.8, 4) is 11.1 Å². The fourth-order valence-electron chi connectivity index (χ4n) is 3.35. The van der Waals surface area contributed by atoms with Gasteiger partial charge in [-0.05, 0) is 55.7 Å². The van der Waals surface area contributed by atoms with Gasteiger partial charge in [-0.3, -0.25) is 24.7 Å². The highest BCUT2D eigenvalue weighted by Crippen LogP contribution is 2.31. The van der Waals surface area contributed by atoms with Crippen molar-refractivity contribution in [2.24, 2.45) is 5.92 Å². The quantitative estimate of drug-likeness (QED) is 0.460. The SMILES string of the molecule is Cc1ccc(NC(=O)c2n[nH]c3ccc(-c4cncc(NC(=O)C5CC5)c4)cc23)cn1. The highest BCUT2D eigenvalue weighted by atomic mass is 16.2. The highest BCUT2D eigenvalue weighted by molar-refractivity contribution is 6.11. The Labute approximate surface area is 178 Å². The first-order chi connectivity index (χ1) is 15.1. The number of aromatic amines is 1. The third-order valence-electron chi connectivity index (χ3n) is 5.23. The van der Waals surface area contributed by atoms with Crippen LogP contribution in [-0.4, -0.2) is 32.0 Å². The number of aromatic nitrogens is 4. The second kappa shape index (κ2) is 7.64. The van der Waals surface area contributed by atoms with Gasteiger partial charge < -0.3 is 10.6 Å². The average molecular weight is 412 g/mol. The summed E-state index contributed by atoms with van der Waals surface area (Å²) in [6.07, 6.45) is 6.86. The number of hydrogen-bond acceptors (Lipinski definition) is 5. The van der Waals surface area contributed by atoms with Crippen molar-refractivity contribution in [3.05, 3.63) is 66.4 Å². The summed E-state index contributed by atoms with van der Waals surface area (Å²) in [5, 5.41) is 13.5. The molecule has 8 heteroatoms. The van der Waals surface area contributed by atoms with Gasteiger partial charge in [0.1, 0.15) is 0 Å². The summed E-state index contributed by atoms with van der Waals surface area (Å²) < 4.78 is 0. The number of carbonyl (C=O) groups is 2. The number of hydrogen-bond donors (Lipinski definition) is 3. The second-order valence-electron chi connectivity index (χ2n) is 7.70. The van der Waals surface area contributed by atoms with Crippen LogP contribution in [0.4, 0.5) is 11.4 Å². The van der Waals surface area contributed by atoms with Crippen molar-refractivity contribution in [2.45, 2.75) is 19.8 Å². The summed E-state index contributed by atoms with van der Waals surface area (Å²) in [4.78, 5) is 33.3. The molecule has 0 unspecified atom stereocenters. The first-order valence-electron chi connectivity index (χ1n) is 10.1. The van der Waals surface area contributed by atoms with E-state index in [0.29, 0.717) is 22.5 Å². The molecule has 3 N–H and O–H groups in total. The number of aryl methyl sites for hydroxylation is 1. The first kappa shape index (κ1) is 18.9. The van der Waals surface area contributed by atoms with Crippen LogP contribution < -0.4 is 10.6 Å². The van der Waals surface area contributed by atoms with Gasteiger partial charge in [0.2, 0.25) is 5.91 Å². The molecule has 1 aliphatic carbocycles. The van der Waals surface area contributed by atoms with E-state index in [9.17, 15) is 9.59 Å². The lowest BCUT2D eigenvalue weighted by atomic mass is 10.0. The molecule has 154 valence electrons. The van der Waals surface area contributed by atoms with Gasteiger partial charge in [0, 0.05) is 28.8 Å². The molecule has 0 radical (unpaired) electrons. The van der Waals surface area contributed by atoms with Gasteiger partial charge in [-0.15, -0.1) is 0 Å². The largest absolute Gasteiger partial charge is 0.324 e. The summed E-state index contributed by atoms with van der Waals surface area (Å²) in [5.74, 6) is -0.165. The third-order valence-corrected chi connectivity index (χ3v) is 5.23. The van der Waals surface area contributed by atoms with Gasteiger partial charge in [-0.2, -0.15) is 5.10 Å². The molecule has 8 nitrogen and oxygen atoms in total. The van der Waals surface area contributed by atoms with Gasteiger partial charge in [-0.25, -0.2) is 0 Å². The van der Waals surface area contributed by atoms with Crippen LogP contribution in [0, 0.1) is 12.8 Å². The summed E-state index contributed by atoms with van der Waals surface area (Å²) in [5.41, 5.74) is 4.89. The minimum atomic E-state index is -0.322. The molecule has 2 amide bonds. The van der Waals surface area contributed by atoms with E-state index in [1.807, 2.05) is 37.3 Å². The molecule has 1 aliphatic rings. The molecule has 0 saturated heterocycles. The molecule has 4 aromatic rings. The lowest BCUT2D eigenvalue weighted by Gasteiger charge is -2.07. The van der Waals surface area contributed by atoms with Gasteiger partial charge in [0.05, 0.1) is 29.3 Å². The van der Waals surface area contributed by atoms with Gasteiger partial charge in [0.25, 0.3) is 5.91 Å². The maximum atomic E-state index is 12.8. The van der Waals surface area contributed by atoms with Crippen LogP contribution in [0.5, 0.6) is 0 Å². The van der Waals surface area contributed by atoms with E-state index in [-0.39, 0.29) is 17.7 Å². The highest BCUT2D eigenvalue weighted by Gasteiger charge is 2.29. The lowest BCUT2D eigenvalue weighted by Crippen LogP contribution is -2.13. The van der Waals surface area contributed by atoms with Crippen LogP contribution in [-0.2, 0) is 4.79 Å². The maximum absolute atomic E-state index is 12.8. The van der Waals surface area contributed by atoms with Crippen LogP contribution in [0.3, 0.4) is 0 Å². The van der Waals surface area contributed by atoms with Crippen LogP contribution in [0.15, 0.2) is 55.0 Å². The predicted molar refractivity (Wildman–Crippen MR) is 118 cm³/mol. The molecule has 1 saturated carbocycles. The van der Waals surface area contributed by atoms with Crippen molar-refractivity contribution in [1.29, 1.82) is 0 Å². The molecule has 31 heavy (non-hydrogen) atoms. The third kappa shape index (κ3) is 4.00. The average Bonchev–Trinajstić information content (AvgIpc) is 3.54. The Morgan fingerprint density at radius 1 is 0.968 bits per heavy atom. The molecule has 0 spiro atoms. The molecule has 1 aromatic carbocycles. The van der Waals surface area contributed by atoms with Crippen LogP contribution in [0.1, 0.15) is 29.0 Å². The van der Waals surface area contributed by atoms with Crippen LogP contribution >= 0.6 is 0 Å². The van der Waals surface area contributed by atoms with Crippen molar-refractivity contribution >= 4 is 34.1 Å². The van der Waals surface area contributed by atoms with Gasteiger partial charge in [-0.1, -0.05) is 6.07 Å². The lowest BCUT2D eigenvalue weighted by molar-refractivity contribution is -0.117. The second-order valence-corrected chi connectivity index (χ2v) is 7.70. The Morgan fingerprint density at radius 2 is 1.84 bits per heavy atom. The fourth-order valence-corrected chi connectivity index (χ4v) is 3.35. The first-order valence-corrected chi connectivity index (χ1v) is 10.1. The van der Waals surface area contributed by atoms with Crippen molar-refractivity contribution < 1.29 is 9.59 Å². The van der Waals surface area contributed by atoms with Crippen molar-refractivity contribution in [3.63, 3.8) is 0 Å². The molecule has 0 atom stereocenters. The number of benzene rings is 1. The molecule has 5 rings (SSSR count). The Kier molecular flexibility index (Phi) is 4.66. The Morgan fingerprint density at radius 3 is 2.61 bits per heavy atom. The molecule has 1 fully saturated rings. The summed E-state index contributed by atoms with van der Waals surface area (Å²) in [6, 6.07) is 11.2. The van der Waals surface area contributed by atoms with Gasteiger partial charge in [0.15, 0.2) is 5.69 Å². The Hall–Kier alpha value is -4.07. The predicted octanol–water partition coefficient (Wildman–Crippen LogP) is 3.93. The molecular weight excluding hydrogens is 392 g/mol. The van der Waals surface area contributed by atoms with Crippen molar-refractivity contribution in [2.75, 3.05) is 10.6 Å². The monoisotopic (exact) mass is 412 g/mol. The molecule has 3 heterocycles. The summed E-state index contributed by atoms with van der Waals surface area (Å²) in [7, 11) is 0. The number of pyridine rings is 2. The van der Waals surface area contributed by atoms with Crippen molar-refractivity contribution in [1.82, 2.24) is 20.2 Å². The number of H-pyrrole nitrogens is 1. The van der Waals surface area contributed by atoms with Crippen LogP contribution in [0.2, 0.25) is 0 Å². The Balaban J connectivity index is 1.43. The number of anilines is 2. The molecular formula is C23H20N6O2. The van der Waals surface area contributed by atoms with Crippen LogP contribution in [0.25, 0.3) is 22.0 Å². The molecule has 3 aromatic heterocycles. The van der Waals surface area contributed by atoms with E-state index in [0.717, 1.165) is 35.2 Å². The minimum Gasteiger partial charge on any atom is -0.324 e. The van der Waals surface area contributed by atoms with E-state index in [4.69, 9.17) is 0 Å². The van der Waals surface area contributed by atoms with E-state index in [2.05, 4.69) is 30.8 Å². The summed E-state index contributed by atoms with van der Waals surface area (Å²) in [6.45, 7) is 1.88. The zero-order chi connectivity index (χ0) is 21.4. The Bertz CT molecular complexity index is 1290. The number of amides is 2. The topological polar surface area (TPSA) is 113 Å². The normalized spacial score (nSPS) is 13.2. The number of nitrogens with zero attached hydrogens (tertiary/aromatic N) is 3. The number of rotatable bonds is 5. The van der Waals surface area contributed by atoms with E-state index in [1.54, 1.807) is 24.7 Å². The smallest absolute Gasteiger partial charge is 0.276 e. The number of nitrogens with one attached hydrogen (secondary N) is 3. The number of carbonyl (C=O) groups excluding carboxylic acids is 2. The molecule has 0 aliphatic heterocycles. The van der Waals surface area contributed by atoms with E-state index < -0.39 is 0 Å². The molecule has 0 bridgehead atoms.